The van der Waals surface area contributed by atoms with Crippen molar-refractivity contribution in [2.45, 2.75) is 76.0 Å². The fraction of sp³-hybridized carbons (Fsp3) is 0.559. The van der Waals surface area contributed by atoms with Gasteiger partial charge in [-0.3, -0.25) is 24.5 Å². The molecule has 46 heavy (non-hydrogen) atoms. The number of nitrogens with one attached hydrogen (secondary N) is 1. The van der Waals surface area contributed by atoms with Crippen molar-refractivity contribution in [1.82, 2.24) is 20.0 Å². The zero-order valence-electron chi connectivity index (χ0n) is 26.1. The predicted molar refractivity (Wildman–Crippen MR) is 174 cm³/mol. The summed E-state index contributed by atoms with van der Waals surface area (Å²) < 4.78 is 48.3. The van der Waals surface area contributed by atoms with E-state index in [2.05, 4.69) is 54.3 Å². The number of ether oxygens (including phenoxy) is 1. The minimum atomic E-state index is -4.46. The predicted octanol–water partition coefficient (Wildman–Crippen LogP) is 6.80. The largest absolute Gasteiger partial charge is 0.490 e. The van der Waals surface area contributed by atoms with Gasteiger partial charge < -0.3 is 9.64 Å². The number of nitrogens with zero attached hydrogens (tertiary/aromatic N) is 4. The Bertz CT molecular complexity index is 1560. The van der Waals surface area contributed by atoms with Crippen LogP contribution in [0.5, 0.6) is 5.75 Å². The van der Waals surface area contributed by atoms with Crippen molar-refractivity contribution in [1.29, 1.82) is 0 Å². The molecule has 0 radical (unpaired) electrons. The summed E-state index contributed by atoms with van der Waals surface area (Å²) >= 11 is 3.03. The van der Waals surface area contributed by atoms with Crippen molar-refractivity contribution in [3.05, 3.63) is 52.1 Å². The molecule has 2 aromatic carbocycles. The number of halogens is 4. The molecule has 3 aromatic rings. The van der Waals surface area contributed by atoms with E-state index in [1.807, 2.05) is 11.7 Å². The lowest BCUT2D eigenvalue weighted by Crippen LogP contribution is -2.46. The van der Waals surface area contributed by atoms with Crippen LogP contribution in [0.4, 0.5) is 18.9 Å². The van der Waals surface area contributed by atoms with Gasteiger partial charge in [-0.05, 0) is 81.3 Å². The van der Waals surface area contributed by atoms with Gasteiger partial charge in [-0.1, -0.05) is 34.8 Å². The smallest absolute Gasteiger partial charge is 0.421 e. The Balaban J connectivity index is 0.918. The normalized spacial score (nSPS) is 23.2. The van der Waals surface area contributed by atoms with Crippen LogP contribution in [-0.4, -0.2) is 65.3 Å². The number of aryl methyl sites for hydroxylation is 1. The van der Waals surface area contributed by atoms with Crippen LogP contribution >= 0.6 is 15.9 Å². The number of anilines is 1. The topological polar surface area (TPSA) is 79.7 Å². The van der Waals surface area contributed by atoms with Crippen molar-refractivity contribution >= 4 is 44.3 Å². The highest BCUT2D eigenvalue weighted by Crippen LogP contribution is 2.42. The average molecular weight is 705 g/mol. The number of carbonyl (C=O) groups is 2. The van der Waals surface area contributed by atoms with Crippen molar-refractivity contribution in [3.63, 3.8) is 0 Å². The highest BCUT2D eigenvalue weighted by Gasteiger charge is 2.38. The van der Waals surface area contributed by atoms with Crippen molar-refractivity contribution in [2.24, 2.45) is 13.0 Å². The molecule has 2 aliphatic heterocycles. The van der Waals surface area contributed by atoms with Crippen LogP contribution in [-0.2, 0) is 22.8 Å². The Morgan fingerprint density at radius 1 is 1.00 bits per heavy atom. The maximum Gasteiger partial charge on any atom is 0.421 e. The van der Waals surface area contributed by atoms with Crippen LogP contribution in [0, 0.1) is 5.92 Å². The van der Waals surface area contributed by atoms with Crippen molar-refractivity contribution < 1.29 is 27.5 Å². The van der Waals surface area contributed by atoms with E-state index in [1.54, 1.807) is 6.07 Å². The maximum absolute atomic E-state index is 13.5. The van der Waals surface area contributed by atoms with E-state index >= 15 is 0 Å². The fourth-order valence-corrected chi connectivity index (χ4v) is 7.85. The standard InChI is InChI=1S/C34H41BrF3N5O3/c1-41-28-21-23(10-13-25(28)32(40-41)26-14-15-30(44)39-33(26)45)43-19-17-42(18-20-43)16-3-2-5-22-8-11-24(12-9-22)46-29-7-4-6-27(35)31(29)34(36,37)38/h4,6-7,10,13,21-22,24,26H,2-3,5,8-9,11-12,14-20H2,1H3,(H,39,44,45). The van der Waals surface area contributed by atoms with Gasteiger partial charge in [-0.2, -0.15) is 18.3 Å². The van der Waals surface area contributed by atoms with Gasteiger partial charge in [0.2, 0.25) is 11.8 Å². The third-order valence-electron chi connectivity index (χ3n) is 9.85. The molecule has 0 bridgehead atoms. The summed E-state index contributed by atoms with van der Waals surface area (Å²) in [5, 5.41) is 8.07. The second kappa shape index (κ2) is 13.9. The number of amides is 2. The number of piperidine rings is 1. The molecule has 6 rings (SSSR count). The Morgan fingerprint density at radius 3 is 2.48 bits per heavy atom. The summed E-state index contributed by atoms with van der Waals surface area (Å²) in [6, 6.07) is 10.7. The highest BCUT2D eigenvalue weighted by atomic mass is 79.9. The quantitative estimate of drug-likeness (QED) is 0.195. The van der Waals surface area contributed by atoms with E-state index in [-0.39, 0.29) is 28.1 Å². The highest BCUT2D eigenvalue weighted by molar-refractivity contribution is 9.10. The lowest BCUT2D eigenvalue weighted by atomic mass is 9.84. The molecule has 1 unspecified atom stereocenters. The van der Waals surface area contributed by atoms with Crippen LogP contribution < -0.4 is 15.0 Å². The van der Waals surface area contributed by atoms with E-state index in [9.17, 15) is 22.8 Å². The number of alkyl halides is 3. The summed E-state index contributed by atoms with van der Waals surface area (Å²) in [5.74, 6) is -0.365. The number of unbranched alkanes of at least 4 members (excludes halogenated alkanes) is 1. The van der Waals surface area contributed by atoms with Gasteiger partial charge in [0.25, 0.3) is 0 Å². The minimum absolute atomic E-state index is 0.0147. The van der Waals surface area contributed by atoms with E-state index in [0.29, 0.717) is 18.8 Å². The molecule has 3 heterocycles. The van der Waals surface area contributed by atoms with E-state index in [0.717, 1.165) is 100.0 Å². The summed E-state index contributed by atoms with van der Waals surface area (Å²) in [7, 11) is 1.90. The minimum Gasteiger partial charge on any atom is -0.490 e. The monoisotopic (exact) mass is 703 g/mol. The molecule has 8 nitrogen and oxygen atoms in total. The first kappa shape index (κ1) is 32.8. The molecule has 1 N–H and O–H groups in total. The Morgan fingerprint density at radius 2 is 1.76 bits per heavy atom. The number of aromatic nitrogens is 2. The second-order valence-electron chi connectivity index (χ2n) is 12.9. The SMILES string of the molecule is Cn1nc(C2CCC(=O)NC2=O)c2ccc(N3CCN(CCCCC4CCC(Oc5cccc(Br)c5C(F)(F)F)CC4)CC3)cc21. The number of fused-ring (bicyclic) bond motifs is 1. The van der Waals surface area contributed by atoms with E-state index in [4.69, 9.17) is 4.74 Å². The maximum atomic E-state index is 13.5. The van der Waals surface area contributed by atoms with Gasteiger partial charge in [0.05, 0.1) is 23.2 Å². The molecule has 1 aromatic heterocycles. The van der Waals surface area contributed by atoms with Gasteiger partial charge in [0.1, 0.15) is 11.3 Å². The molecule has 3 fully saturated rings. The lowest BCUT2D eigenvalue weighted by molar-refractivity contribution is -0.140. The number of hydrogen-bond acceptors (Lipinski definition) is 6. The van der Waals surface area contributed by atoms with Crippen LogP contribution in [0.2, 0.25) is 0 Å². The summed E-state index contributed by atoms with van der Waals surface area (Å²) in [5.41, 5.74) is 2.15. The van der Waals surface area contributed by atoms with E-state index in [1.165, 1.54) is 12.1 Å². The van der Waals surface area contributed by atoms with Crippen LogP contribution in [0.15, 0.2) is 40.9 Å². The molecule has 1 atom stereocenters. The van der Waals surface area contributed by atoms with Gasteiger partial charge >= 0.3 is 6.18 Å². The van der Waals surface area contributed by atoms with Crippen molar-refractivity contribution in [3.8, 4) is 5.75 Å². The molecule has 248 valence electrons. The van der Waals surface area contributed by atoms with Crippen molar-refractivity contribution in [2.75, 3.05) is 37.6 Å². The number of carbonyl (C=O) groups excluding carboxylic acids is 2. The summed E-state index contributed by atoms with van der Waals surface area (Å²) in [6.07, 6.45) is 3.22. The fourth-order valence-electron chi connectivity index (χ4n) is 7.28. The Hall–Kier alpha value is -3.12. The zero-order chi connectivity index (χ0) is 32.4. The first-order valence-corrected chi connectivity index (χ1v) is 17.2. The zero-order valence-corrected chi connectivity index (χ0v) is 27.7. The van der Waals surface area contributed by atoms with Crippen LogP contribution in [0.3, 0.4) is 0 Å². The first-order chi connectivity index (χ1) is 22.1. The molecule has 1 aliphatic carbocycles. The third kappa shape index (κ3) is 7.38. The molecule has 12 heteroatoms. The van der Waals surface area contributed by atoms with Gasteiger partial charge in [0, 0.05) is 55.2 Å². The summed E-state index contributed by atoms with van der Waals surface area (Å²) in [4.78, 5) is 29.0. The molecule has 2 amide bonds. The first-order valence-electron chi connectivity index (χ1n) is 16.4. The molecule has 3 aliphatic rings. The number of piperazine rings is 1. The van der Waals surface area contributed by atoms with Crippen LogP contribution in [0.25, 0.3) is 10.9 Å². The van der Waals surface area contributed by atoms with Gasteiger partial charge in [0.15, 0.2) is 0 Å². The van der Waals surface area contributed by atoms with Gasteiger partial charge in [-0.15, -0.1) is 0 Å². The van der Waals surface area contributed by atoms with Crippen LogP contribution in [0.1, 0.15) is 75.0 Å². The Kier molecular flexibility index (Phi) is 9.94. The number of hydrogen-bond donors (Lipinski definition) is 1. The second-order valence-corrected chi connectivity index (χ2v) is 13.8. The summed E-state index contributed by atoms with van der Waals surface area (Å²) in [6.45, 7) is 4.97. The van der Waals surface area contributed by atoms with Gasteiger partial charge in [-0.25, -0.2) is 0 Å². The van der Waals surface area contributed by atoms with E-state index < -0.39 is 17.7 Å². The third-order valence-corrected chi connectivity index (χ3v) is 10.5. The lowest BCUT2D eigenvalue weighted by Gasteiger charge is -2.36. The number of rotatable bonds is 9. The molecular formula is C34H41BrF3N5O3. The average Bonchev–Trinajstić information content (AvgIpc) is 3.35. The molecule has 1 saturated carbocycles. The number of benzene rings is 2. The number of imide groups is 1. The molecule has 2 saturated heterocycles. The molecular weight excluding hydrogens is 663 g/mol. The molecule has 0 spiro atoms. The Labute approximate surface area is 275 Å².